The van der Waals surface area contributed by atoms with Gasteiger partial charge in [0, 0.05) is 5.56 Å². The van der Waals surface area contributed by atoms with E-state index in [2.05, 4.69) is 32.9 Å². The summed E-state index contributed by atoms with van der Waals surface area (Å²) in [6.45, 7) is 6.57. The Balaban J connectivity index is 2.15. The van der Waals surface area contributed by atoms with E-state index in [1.807, 2.05) is 12.1 Å². The molecule has 1 aromatic rings. The first kappa shape index (κ1) is 12.7. The zero-order chi connectivity index (χ0) is 12.5. The van der Waals surface area contributed by atoms with Crippen molar-refractivity contribution in [3.63, 3.8) is 0 Å². The van der Waals surface area contributed by atoms with Crippen LogP contribution >= 0.6 is 11.8 Å². The van der Waals surface area contributed by atoms with E-state index in [9.17, 15) is 4.79 Å². The first-order valence-electron chi connectivity index (χ1n) is 6.25. The number of carbonyl (C=O) groups excluding carboxylic acids is 1. The van der Waals surface area contributed by atoms with Crippen molar-refractivity contribution in [1.29, 1.82) is 0 Å². The third-order valence-electron chi connectivity index (χ3n) is 3.26. The molecule has 0 saturated carbocycles. The summed E-state index contributed by atoms with van der Waals surface area (Å²) in [6.07, 6.45) is 2.23. The van der Waals surface area contributed by atoms with Gasteiger partial charge in [-0.2, -0.15) is 11.8 Å². The van der Waals surface area contributed by atoms with Gasteiger partial charge in [0.2, 0.25) is 0 Å². The molecule has 1 aromatic carbocycles. The fourth-order valence-electron chi connectivity index (χ4n) is 2.10. The minimum atomic E-state index is 0.156. The summed E-state index contributed by atoms with van der Waals surface area (Å²) in [5, 5.41) is 0.204. The lowest BCUT2D eigenvalue weighted by atomic mass is 9.86. The number of thioether (sulfide) groups is 1. The summed E-state index contributed by atoms with van der Waals surface area (Å²) in [6, 6.07) is 8.16. The Morgan fingerprint density at radius 1 is 1.24 bits per heavy atom. The van der Waals surface area contributed by atoms with Crippen LogP contribution in [0.15, 0.2) is 24.3 Å². The van der Waals surface area contributed by atoms with E-state index in [-0.39, 0.29) is 10.7 Å². The summed E-state index contributed by atoms with van der Waals surface area (Å²) >= 11 is 1.81. The zero-order valence-electron chi connectivity index (χ0n) is 10.8. The third kappa shape index (κ3) is 2.92. The highest BCUT2D eigenvalue weighted by Crippen LogP contribution is 2.29. The number of hydrogen-bond acceptors (Lipinski definition) is 2. The predicted octanol–water partition coefficient (Wildman–Crippen LogP) is 4.06. The maximum atomic E-state index is 12.2. The molecule has 1 atom stereocenters. The van der Waals surface area contributed by atoms with Gasteiger partial charge >= 0.3 is 0 Å². The molecule has 1 heterocycles. The molecule has 17 heavy (non-hydrogen) atoms. The average Bonchev–Trinajstić information content (AvgIpc) is 2.80. The molecule has 0 bridgehead atoms. The molecule has 1 nitrogen and oxygen atoms in total. The highest BCUT2D eigenvalue weighted by atomic mass is 32.2. The molecule has 0 radical (unpaired) electrons. The summed E-state index contributed by atoms with van der Waals surface area (Å²) in [7, 11) is 0. The molecule has 1 aliphatic heterocycles. The van der Waals surface area contributed by atoms with E-state index in [1.165, 1.54) is 12.0 Å². The Labute approximate surface area is 108 Å². The maximum absolute atomic E-state index is 12.2. The van der Waals surface area contributed by atoms with Gasteiger partial charge in [-0.3, -0.25) is 4.79 Å². The Bertz CT molecular complexity index is 394. The van der Waals surface area contributed by atoms with Crippen LogP contribution in [0.2, 0.25) is 0 Å². The molecule has 0 spiro atoms. The fourth-order valence-corrected chi connectivity index (χ4v) is 3.34. The number of Topliss-reactive ketones (excluding diaryl/α,β-unsaturated/α-hetero) is 1. The second kappa shape index (κ2) is 4.85. The third-order valence-corrected chi connectivity index (χ3v) is 4.63. The number of ketones is 1. The Hall–Kier alpha value is -0.760. The van der Waals surface area contributed by atoms with Crippen LogP contribution in [0.25, 0.3) is 0 Å². The lowest BCUT2D eigenvalue weighted by molar-refractivity contribution is 0.0988. The van der Waals surface area contributed by atoms with Gasteiger partial charge < -0.3 is 0 Å². The Kier molecular flexibility index (Phi) is 3.62. The van der Waals surface area contributed by atoms with Crippen molar-refractivity contribution < 1.29 is 4.79 Å². The Morgan fingerprint density at radius 2 is 1.88 bits per heavy atom. The van der Waals surface area contributed by atoms with Crippen LogP contribution in [0.1, 0.15) is 49.5 Å². The standard InChI is InChI=1S/C15H20OS/c1-15(2,3)12-8-6-11(7-9-12)14(16)13-5-4-10-17-13/h6-9,13H,4-5,10H2,1-3H3. The predicted molar refractivity (Wildman–Crippen MR) is 75.0 cm³/mol. The first-order valence-corrected chi connectivity index (χ1v) is 7.30. The van der Waals surface area contributed by atoms with Crippen LogP contribution in [0, 0.1) is 0 Å². The van der Waals surface area contributed by atoms with Crippen LogP contribution in [-0.4, -0.2) is 16.8 Å². The van der Waals surface area contributed by atoms with E-state index in [1.54, 1.807) is 11.8 Å². The van der Waals surface area contributed by atoms with E-state index < -0.39 is 0 Å². The summed E-state index contributed by atoms with van der Waals surface area (Å²) in [5.74, 6) is 1.45. The number of hydrogen-bond donors (Lipinski definition) is 0. The molecule has 0 aromatic heterocycles. The molecule has 1 saturated heterocycles. The van der Waals surface area contributed by atoms with Crippen molar-refractivity contribution in [2.24, 2.45) is 0 Å². The minimum Gasteiger partial charge on any atom is -0.293 e. The van der Waals surface area contributed by atoms with Crippen molar-refractivity contribution in [2.45, 2.75) is 44.3 Å². The van der Waals surface area contributed by atoms with E-state index >= 15 is 0 Å². The van der Waals surface area contributed by atoms with E-state index in [4.69, 9.17) is 0 Å². The van der Waals surface area contributed by atoms with Crippen LogP contribution in [0.5, 0.6) is 0 Å². The van der Waals surface area contributed by atoms with E-state index in [0.29, 0.717) is 5.78 Å². The Morgan fingerprint density at radius 3 is 2.35 bits per heavy atom. The monoisotopic (exact) mass is 248 g/mol. The smallest absolute Gasteiger partial charge is 0.175 e. The number of rotatable bonds is 2. The molecule has 1 fully saturated rings. The summed E-state index contributed by atoms with van der Waals surface area (Å²) < 4.78 is 0. The topological polar surface area (TPSA) is 17.1 Å². The maximum Gasteiger partial charge on any atom is 0.175 e. The van der Waals surface area contributed by atoms with Crippen molar-refractivity contribution in [3.05, 3.63) is 35.4 Å². The average molecular weight is 248 g/mol. The second-order valence-corrected chi connectivity index (χ2v) is 7.00. The van der Waals surface area contributed by atoms with Gasteiger partial charge in [0.25, 0.3) is 0 Å². The van der Waals surface area contributed by atoms with Crippen molar-refractivity contribution >= 4 is 17.5 Å². The van der Waals surface area contributed by atoms with Gasteiger partial charge in [0.15, 0.2) is 5.78 Å². The molecule has 2 heteroatoms. The van der Waals surface area contributed by atoms with Crippen LogP contribution in [-0.2, 0) is 5.41 Å². The lowest BCUT2D eigenvalue weighted by Crippen LogP contribution is -2.15. The number of benzene rings is 1. The van der Waals surface area contributed by atoms with Gasteiger partial charge in [-0.15, -0.1) is 0 Å². The van der Waals surface area contributed by atoms with Crippen LogP contribution in [0.3, 0.4) is 0 Å². The molecule has 0 aliphatic carbocycles. The van der Waals surface area contributed by atoms with Gasteiger partial charge in [-0.1, -0.05) is 45.0 Å². The van der Waals surface area contributed by atoms with Gasteiger partial charge in [-0.05, 0) is 29.6 Å². The normalized spacial score (nSPS) is 20.5. The van der Waals surface area contributed by atoms with Crippen LogP contribution in [0.4, 0.5) is 0 Å². The van der Waals surface area contributed by atoms with Crippen molar-refractivity contribution in [3.8, 4) is 0 Å². The molecular weight excluding hydrogens is 228 g/mol. The molecule has 0 N–H and O–H groups in total. The highest BCUT2D eigenvalue weighted by molar-refractivity contribution is 8.00. The molecule has 1 aliphatic rings. The fraction of sp³-hybridized carbons (Fsp3) is 0.533. The molecule has 92 valence electrons. The summed E-state index contributed by atoms with van der Waals surface area (Å²) in [4.78, 5) is 12.2. The molecule has 1 unspecified atom stereocenters. The number of carbonyl (C=O) groups is 1. The molecule has 0 amide bonds. The molecular formula is C15H20OS. The van der Waals surface area contributed by atoms with Gasteiger partial charge in [-0.25, -0.2) is 0 Å². The molecule has 2 rings (SSSR count). The SMILES string of the molecule is CC(C)(C)c1ccc(C(=O)C2CCCS2)cc1. The van der Waals surface area contributed by atoms with Gasteiger partial charge in [0.1, 0.15) is 0 Å². The van der Waals surface area contributed by atoms with Crippen molar-refractivity contribution in [1.82, 2.24) is 0 Å². The van der Waals surface area contributed by atoms with E-state index in [0.717, 1.165) is 17.7 Å². The highest BCUT2D eigenvalue weighted by Gasteiger charge is 2.24. The zero-order valence-corrected chi connectivity index (χ0v) is 11.6. The van der Waals surface area contributed by atoms with Gasteiger partial charge in [0.05, 0.1) is 5.25 Å². The summed E-state index contributed by atoms with van der Waals surface area (Å²) in [5.41, 5.74) is 2.31. The van der Waals surface area contributed by atoms with Crippen LogP contribution < -0.4 is 0 Å². The quantitative estimate of drug-likeness (QED) is 0.734. The largest absolute Gasteiger partial charge is 0.293 e. The lowest BCUT2D eigenvalue weighted by Gasteiger charge is -2.19. The first-order chi connectivity index (χ1) is 7.98. The van der Waals surface area contributed by atoms with Crippen molar-refractivity contribution in [2.75, 3.05) is 5.75 Å². The minimum absolute atomic E-state index is 0.156. The second-order valence-electron chi connectivity index (χ2n) is 5.69.